The lowest BCUT2D eigenvalue weighted by atomic mass is 9.88. The van der Waals surface area contributed by atoms with Crippen molar-refractivity contribution in [1.29, 1.82) is 0 Å². The van der Waals surface area contributed by atoms with Gasteiger partial charge in [-0.2, -0.15) is 0 Å². The Kier molecular flexibility index (Phi) is 8.94. The smallest absolute Gasteiger partial charge is 0.240 e. The van der Waals surface area contributed by atoms with Gasteiger partial charge in [-0.1, -0.05) is 97.1 Å². The molecule has 200 valence electrons. The van der Waals surface area contributed by atoms with Crippen LogP contribution in [0.15, 0.2) is 108 Å². The highest BCUT2D eigenvalue weighted by atomic mass is 16.2. The van der Waals surface area contributed by atoms with Crippen LogP contribution in [0.4, 0.5) is 0 Å². The van der Waals surface area contributed by atoms with Crippen molar-refractivity contribution in [3.8, 4) is 0 Å². The Morgan fingerprint density at radius 2 is 1.31 bits per heavy atom. The summed E-state index contributed by atoms with van der Waals surface area (Å²) in [5.41, 5.74) is 19.6. The molecule has 0 saturated heterocycles. The van der Waals surface area contributed by atoms with Crippen molar-refractivity contribution in [2.24, 2.45) is 22.2 Å². The molecule has 2 amide bonds. The Balaban J connectivity index is 1.80. The molecule has 0 saturated carbocycles. The van der Waals surface area contributed by atoms with Gasteiger partial charge in [-0.25, -0.2) is 0 Å². The van der Waals surface area contributed by atoms with Crippen molar-refractivity contribution in [1.82, 2.24) is 4.90 Å². The van der Waals surface area contributed by atoms with Crippen LogP contribution < -0.4 is 17.2 Å². The summed E-state index contributed by atoms with van der Waals surface area (Å²) in [6.45, 7) is 2.28. The highest BCUT2D eigenvalue weighted by molar-refractivity contribution is 5.92. The largest absolute Gasteiger partial charge is 0.370 e. The van der Waals surface area contributed by atoms with Gasteiger partial charge in [0.2, 0.25) is 11.8 Å². The predicted octanol–water partition coefficient (Wildman–Crippen LogP) is 4.47. The maximum atomic E-state index is 14.7. The molecule has 39 heavy (non-hydrogen) atoms. The number of carbonyl (C=O) groups is 2. The van der Waals surface area contributed by atoms with E-state index in [2.05, 4.69) is 11.1 Å². The number of nitrogens with zero attached hydrogens (tertiary/aromatic N) is 2. The zero-order valence-corrected chi connectivity index (χ0v) is 22.1. The Morgan fingerprint density at radius 1 is 0.744 bits per heavy atom. The number of primary amides is 1. The molecule has 0 aliphatic rings. The quantitative estimate of drug-likeness (QED) is 0.153. The number of nitrogens with two attached hydrogens (primary N) is 3. The number of hydrogen-bond donors (Lipinski definition) is 3. The van der Waals surface area contributed by atoms with Gasteiger partial charge in [0, 0.05) is 6.54 Å². The van der Waals surface area contributed by atoms with E-state index in [0.29, 0.717) is 19.4 Å². The lowest BCUT2D eigenvalue weighted by molar-refractivity contribution is -0.142. The molecule has 4 rings (SSSR count). The van der Waals surface area contributed by atoms with Crippen LogP contribution >= 0.6 is 0 Å². The monoisotopic (exact) mass is 521 g/mol. The molecular weight excluding hydrogens is 486 g/mol. The van der Waals surface area contributed by atoms with Crippen LogP contribution in [-0.2, 0) is 9.59 Å². The zero-order chi connectivity index (χ0) is 27.8. The fraction of sp³-hybridized carbons (Fsp3) is 0.219. The van der Waals surface area contributed by atoms with Gasteiger partial charge in [0.1, 0.15) is 6.04 Å². The Labute approximate surface area is 229 Å². The van der Waals surface area contributed by atoms with Crippen molar-refractivity contribution < 1.29 is 9.59 Å². The maximum absolute atomic E-state index is 14.7. The topological polar surface area (TPSA) is 128 Å². The Hall–Kier alpha value is -4.65. The lowest BCUT2D eigenvalue weighted by Crippen LogP contribution is -2.50. The van der Waals surface area contributed by atoms with Crippen LogP contribution in [0.3, 0.4) is 0 Å². The third-order valence-corrected chi connectivity index (χ3v) is 7.03. The molecule has 7 heteroatoms. The summed E-state index contributed by atoms with van der Waals surface area (Å²) >= 11 is 0. The van der Waals surface area contributed by atoms with E-state index in [0.717, 1.165) is 27.5 Å². The molecule has 0 fully saturated rings. The van der Waals surface area contributed by atoms with Crippen LogP contribution in [-0.4, -0.2) is 35.3 Å². The van der Waals surface area contributed by atoms with Crippen LogP contribution in [0.5, 0.6) is 0 Å². The first-order valence-corrected chi connectivity index (χ1v) is 13.1. The van der Waals surface area contributed by atoms with Gasteiger partial charge >= 0.3 is 0 Å². The summed E-state index contributed by atoms with van der Waals surface area (Å²) in [6, 6.07) is 32.1. The minimum Gasteiger partial charge on any atom is -0.370 e. The minimum atomic E-state index is -0.858. The molecule has 0 aliphatic carbocycles. The van der Waals surface area contributed by atoms with Crippen LogP contribution in [0.2, 0.25) is 0 Å². The van der Waals surface area contributed by atoms with Crippen molar-refractivity contribution in [2.75, 3.05) is 6.54 Å². The summed E-state index contributed by atoms with van der Waals surface area (Å²) in [7, 11) is 0. The molecule has 0 bridgehead atoms. The molecule has 4 aromatic rings. The van der Waals surface area contributed by atoms with Gasteiger partial charge in [-0.3, -0.25) is 14.6 Å². The van der Waals surface area contributed by atoms with E-state index >= 15 is 0 Å². The first-order chi connectivity index (χ1) is 18.9. The van der Waals surface area contributed by atoms with Gasteiger partial charge in [-0.15, -0.1) is 0 Å². The predicted molar refractivity (Wildman–Crippen MR) is 157 cm³/mol. The van der Waals surface area contributed by atoms with Crippen LogP contribution in [0, 0.1) is 0 Å². The van der Waals surface area contributed by atoms with Crippen LogP contribution in [0.1, 0.15) is 48.4 Å². The van der Waals surface area contributed by atoms with E-state index in [4.69, 9.17) is 17.2 Å². The molecule has 0 spiro atoms. The lowest BCUT2D eigenvalue weighted by Gasteiger charge is -2.38. The second-order valence-electron chi connectivity index (χ2n) is 9.65. The number of amides is 2. The molecule has 0 aromatic heterocycles. The molecule has 4 aromatic carbocycles. The number of hydrogen-bond acceptors (Lipinski definition) is 3. The number of fused-ring (bicyclic) bond motifs is 1. The first-order valence-electron chi connectivity index (χ1n) is 13.1. The number of aliphatic imine (C=N–C) groups is 1. The molecule has 0 radical (unpaired) electrons. The summed E-state index contributed by atoms with van der Waals surface area (Å²) in [4.78, 5) is 33.3. The summed E-state index contributed by atoms with van der Waals surface area (Å²) in [5, 5.41) is 2.15. The number of guanidine groups is 1. The normalized spacial score (nSPS) is 12.6. The second-order valence-corrected chi connectivity index (χ2v) is 9.65. The van der Waals surface area contributed by atoms with E-state index in [1.165, 1.54) is 0 Å². The van der Waals surface area contributed by atoms with Crippen molar-refractivity contribution >= 4 is 28.5 Å². The third kappa shape index (κ3) is 6.62. The summed E-state index contributed by atoms with van der Waals surface area (Å²) < 4.78 is 0. The van der Waals surface area contributed by atoms with E-state index in [9.17, 15) is 9.59 Å². The molecule has 6 N–H and O–H groups in total. The summed E-state index contributed by atoms with van der Waals surface area (Å²) in [6.07, 6.45) is 0.813. The number of carbonyl (C=O) groups excluding carboxylic acids is 2. The highest BCUT2D eigenvalue weighted by Crippen LogP contribution is 2.34. The van der Waals surface area contributed by atoms with E-state index < -0.39 is 23.9 Å². The highest BCUT2D eigenvalue weighted by Gasteiger charge is 2.37. The standard InChI is InChI=1S/C32H35N5O2/c1-22(26-19-18-23-11-8-9-16-27(23)21-26)37(28(30(33)38)17-10-20-36-32(34)35)31(39)29(24-12-4-2-5-13-24)25-14-6-3-7-15-25/h2-9,11-16,18-19,21-22,28-29H,10,17,20H2,1H3,(H2,33,38)(H4,34,35,36)/t22-,28-/m1/s1. The van der Waals surface area contributed by atoms with Gasteiger partial charge in [0.15, 0.2) is 5.96 Å². The molecule has 0 heterocycles. The zero-order valence-electron chi connectivity index (χ0n) is 22.1. The molecular formula is C32H35N5O2. The van der Waals surface area contributed by atoms with Gasteiger partial charge in [0.05, 0.1) is 12.0 Å². The van der Waals surface area contributed by atoms with Gasteiger partial charge in [-0.05, 0) is 53.3 Å². The van der Waals surface area contributed by atoms with Crippen molar-refractivity contribution in [3.63, 3.8) is 0 Å². The van der Waals surface area contributed by atoms with E-state index in [-0.39, 0.29) is 11.9 Å². The fourth-order valence-electron chi connectivity index (χ4n) is 5.07. The average molecular weight is 522 g/mol. The van der Waals surface area contributed by atoms with Crippen molar-refractivity contribution in [2.45, 2.75) is 37.8 Å². The minimum absolute atomic E-state index is 0.0173. The molecule has 0 aliphatic heterocycles. The number of benzene rings is 4. The Morgan fingerprint density at radius 3 is 1.87 bits per heavy atom. The van der Waals surface area contributed by atoms with E-state index in [1.807, 2.05) is 104 Å². The fourth-order valence-corrected chi connectivity index (χ4v) is 5.07. The number of rotatable bonds is 11. The molecule has 7 nitrogen and oxygen atoms in total. The first kappa shape index (κ1) is 27.4. The average Bonchev–Trinajstić information content (AvgIpc) is 2.95. The maximum Gasteiger partial charge on any atom is 0.240 e. The van der Waals surface area contributed by atoms with E-state index in [1.54, 1.807) is 4.90 Å². The van der Waals surface area contributed by atoms with Crippen molar-refractivity contribution in [3.05, 3.63) is 120 Å². The van der Waals surface area contributed by atoms with Crippen LogP contribution in [0.25, 0.3) is 10.8 Å². The SMILES string of the molecule is C[C@H](c1ccc2ccccc2c1)N(C(=O)C(c1ccccc1)c1ccccc1)[C@H](CCCN=C(N)N)C(N)=O. The Bertz CT molecular complexity index is 1400. The summed E-state index contributed by atoms with van der Waals surface area (Å²) in [5.74, 6) is -1.40. The third-order valence-electron chi connectivity index (χ3n) is 7.03. The van der Waals surface area contributed by atoms with Gasteiger partial charge in [0.25, 0.3) is 0 Å². The van der Waals surface area contributed by atoms with Gasteiger partial charge < -0.3 is 22.1 Å². The molecule has 2 atom stereocenters. The second kappa shape index (κ2) is 12.7. The molecule has 0 unspecified atom stereocenters.